The molecular weight excluding hydrogens is 414 g/mol. The Morgan fingerprint density at radius 3 is 2.68 bits per heavy atom. The van der Waals surface area contributed by atoms with Crippen molar-refractivity contribution >= 4 is 34.6 Å². The van der Waals surface area contributed by atoms with E-state index in [1.165, 1.54) is 11.8 Å². The summed E-state index contributed by atoms with van der Waals surface area (Å²) in [5, 5.41) is 8.02. The van der Waals surface area contributed by atoms with E-state index in [4.69, 9.17) is 8.94 Å². The Kier molecular flexibility index (Phi) is 4.97. The summed E-state index contributed by atoms with van der Waals surface area (Å²) >= 11 is 1.38. The number of hydrogen-bond donors (Lipinski definition) is 1. The third-order valence-electron chi connectivity index (χ3n) is 5.31. The highest BCUT2D eigenvalue weighted by molar-refractivity contribution is 7.99. The molecule has 5 rings (SSSR count). The average Bonchev–Trinajstić information content (AvgIpc) is 3.42. The van der Waals surface area contributed by atoms with Gasteiger partial charge in [-0.3, -0.25) is 4.79 Å². The van der Waals surface area contributed by atoms with Gasteiger partial charge in [0.15, 0.2) is 11.0 Å². The Morgan fingerprint density at radius 2 is 1.94 bits per heavy atom. The van der Waals surface area contributed by atoms with Crippen LogP contribution in [0.15, 0.2) is 44.4 Å². The highest BCUT2D eigenvalue weighted by Gasteiger charge is 2.30. The predicted octanol–water partition coefficient (Wildman–Crippen LogP) is 5.21. The highest BCUT2D eigenvalue weighted by atomic mass is 32.2. The van der Waals surface area contributed by atoms with E-state index < -0.39 is 0 Å². The molecule has 4 aromatic rings. The van der Waals surface area contributed by atoms with Crippen LogP contribution >= 0.6 is 11.8 Å². The maximum Gasteiger partial charge on any atom is 0.256 e. The third-order valence-corrected chi connectivity index (χ3v) is 6.25. The zero-order valence-electron chi connectivity index (χ0n) is 17.4. The van der Waals surface area contributed by atoms with Gasteiger partial charge in [0.1, 0.15) is 11.6 Å². The Hall–Kier alpha value is -3.20. The first-order chi connectivity index (χ1) is 15.0. The molecule has 9 heteroatoms. The van der Waals surface area contributed by atoms with Gasteiger partial charge >= 0.3 is 0 Å². The molecule has 1 fully saturated rings. The fourth-order valence-electron chi connectivity index (χ4n) is 3.27. The summed E-state index contributed by atoms with van der Waals surface area (Å²) in [7, 11) is 0. The number of amides is 1. The fraction of sp³-hybridized carbons (Fsp3) is 0.318. The quantitative estimate of drug-likeness (QED) is 0.325. The van der Waals surface area contributed by atoms with Crippen molar-refractivity contribution in [3.05, 3.63) is 58.9 Å². The Balaban J connectivity index is 1.46. The number of aromatic nitrogens is 4. The lowest BCUT2D eigenvalue weighted by molar-refractivity contribution is 0.102. The zero-order chi connectivity index (χ0) is 21.5. The molecule has 1 aliphatic rings. The van der Waals surface area contributed by atoms with Crippen LogP contribution in [0.25, 0.3) is 11.1 Å². The van der Waals surface area contributed by atoms with Gasteiger partial charge in [0.05, 0.1) is 10.6 Å². The minimum Gasteiger partial charge on any atom is -0.443 e. The van der Waals surface area contributed by atoms with Crippen LogP contribution < -0.4 is 5.32 Å². The van der Waals surface area contributed by atoms with Gasteiger partial charge < -0.3 is 14.3 Å². The fourth-order valence-corrected chi connectivity index (χ4v) is 4.06. The van der Waals surface area contributed by atoms with Crippen LogP contribution in [0.3, 0.4) is 0 Å². The molecule has 0 aliphatic heterocycles. The molecule has 8 nitrogen and oxygen atoms in total. The Bertz CT molecular complexity index is 1260. The maximum absolute atomic E-state index is 12.8. The number of anilines is 1. The van der Waals surface area contributed by atoms with Crippen LogP contribution in [0.5, 0.6) is 0 Å². The van der Waals surface area contributed by atoms with E-state index >= 15 is 0 Å². The SMILES string of the molecule is Cc1oc2nc(SC(C)c3nc(C4CC4)no3)nc(NC(=O)c3ccccc3)c2c1C. The molecule has 3 heterocycles. The van der Waals surface area contributed by atoms with Crippen LogP contribution in [-0.4, -0.2) is 26.0 Å². The van der Waals surface area contributed by atoms with E-state index in [-0.39, 0.29) is 11.2 Å². The molecule has 3 aromatic heterocycles. The molecule has 1 unspecified atom stereocenters. The van der Waals surface area contributed by atoms with E-state index in [1.807, 2.05) is 39.0 Å². The first-order valence-corrected chi connectivity index (χ1v) is 11.0. The maximum atomic E-state index is 12.8. The van der Waals surface area contributed by atoms with Gasteiger partial charge in [-0.2, -0.15) is 9.97 Å². The minimum atomic E-state index is -0.242. The average molecular weight is 436 g/mol. The van der Waals surface area contributed by atoms with E-state index in [0.717, 1.165) is 30.0 Å². The van der Waals surface area contributed by atoms with Crippen LogP contribution in [0.1, 0.15) is 64.3 Å². The molecule has 1 amide bonds. The molecule has 158 valence electrons. The molecule has 1 aliphatic carbocycles. The molecule has 0 bridgehead atoms. The number of thioether (sulfide) groups is 1. The van der Waals surface area contributed by atoms with Gasteiger partial charge in [-0.1, -0.05) is 35.1 Å². The first-order valence-electron chi connectivity index (χ1n) is 10.1. The van der Waals surface area contributed by atoms with Crippen molar-refractivity contribution in [3.63, 3.8) is 0 Å². The van der Waals surface area contributed by atoms with Gasteiger partial charge in [-0.25, -0.2) is 4.98 Å². The van der Waals surface area contributed by atoms with E-state index in [1.54, 1.807) is 12.1 Å². The van der Waals surface area contributed by atoms with Crippen LogP contribution in [-0.2, 0) is 0 Å². The van der Waals surface area contributed by atoms with Crippen molar-refractivity contribution in [1.82, 2.24) is 20.1 Å². The molecule has 1 saturated carbocycles. The second kappa shape index (κ2) is 7.81. The largest absolute Gasteiger partial charge is 0.443 e. The second-order valence-electron chi connectivity index (χ2n) is 7.66. The molecular formula is C22H21N5O3S. The minimum absolute atomic E-state index is 0.146. The molecule has 1 atom stereocenters. The first kappa shape index (κ1) is 19.7. The molecule has 31 heavy (non-hydrogen) atoms. The lowest BCUT2D eigenvalue weighted by atomic mass is 10.2. The van der Waals surface area contributed by atoms with Crippen molar-refractivity contribution < 1.29 is 13.7 Å². The van der Waals surface area contributed by atoms with Gasteiger partial charge in [0.25, 0.3) is 5.91 Å². The summed E-state index contributed by atoms with van der Waals surface area (Å²) in [4.78, 5) is 26.5. The highest BCUT2D eigenvalue weighted by Crippen LogP contribution is 2.40. The van der Waals surface area contributed by atoms with Crippen molar-refractivity contribution in [3.8, 4) is 0 Å². The third kappa shape index (κ3) is 3.93. The van der Waals surface area contributed by atoms with Crippen molar-refractivity contribution in [2.75, 3.05) is 5.32 Å². The second-order valence-corrected chi connectivity index (χ2v) is 8.97. The number of nitrogens with one attached hydrogen (secondary N) is 1. The predicted molar refractivity (Wildman–Crippen MR) is 116 cm³/mol. The van der Waals surface area contributed by atoms with Crippen molar-refractivity contribution in [2.45, 2.75) is 49.9 Å². The van der Waals surface area contributed by atoms with Gasteiger partial charge in [0, 0.05) is 17.0 Å². The number of hydrogen-bond acceptors (Lipinski definition) is 8. The molecule has 0 spiro atoms. The number of carbonyl (C=O) groups is 1. The van der Waals surface area contributed by atoms with Crippen LogP contribution in [0.4, 0.5) is 5.82 Å². The standard InChI is InChI=1S/C22H21N5O3S/c1-11-12(2)29-21-16(11)18(23-19(28)15-7-5-4-6-8-15)25-22(26-21)31-13(3)20-24-17(27-30-20)14-9-10-14/h4-8,13-14H,9-10H2,1-3H3,(H,23,25,26,28). The van der Waals surface area contributed by atoms with Crippen LogP contribution in [0, 0.1) is 13.8 Å². The summed E-state index contributed by atoms with van der Waals surface area (Å²) in [6.07, 6.45) is 2.23. The van der Waals surface area contributed by atoms with E-state index in [2.05, 4.69) is 25.4 Å². The normalized spacial score (nSPS) is 14.7. The summed E-state index contributed by atoms with van der Waals surface area (Å²) in [5.74, 6) is 2.65. The number of carbonyl (C=O) groups excluding carboxylic acids is 1. The van der Waals surface area contributed by atoms with Crippen molar-refractivity contribution in [2.24, 2.45) is 0 Å². The number of benzene rings is 1. The Morgan fingerprint density at radius 1 is 1.16 bits per heavy atom. The van der Waals surface area contributed by atoms with Crippen LogP contribution in [0.2, 0.25) is 0 Å². The van der Waals surface area contributed by atoms with Gasteiger partial charge in [-0.15, -0.1) is 0 Å². The number of fused-ring (bicyclic) bond motifs is 1. The van der Waals surface area contributed by atoms with Gasteiger partial charge in [-0.05, 0) is 45.7 Å². The van der Waals surface area contributed by atoms with Gasteiger partial charge in [0.2, 0.25) is 11.6 Å². The number of furan rings is 1. The number of aryl methyl sites for hydroxylation is 2. The van der Waals surface area contributed by atoms with E-state index in [0.29, 0.717) is 39.4 Å². The number of rotatable bonds is 6. The smallest absolute Gasteiger partial charge is 0.256 e. The van der Waals surface area contributed by atoms with E-state index in [9.17, 15) is 4.79 Å². The number of nitrogens with zero attached hydrogens (tertiary/aromatic N) is 4. The lowest BCUT2D eigenvalue weighted by Crippen LogP contribution is -2.14. The molecule has 1 N–H and O–H groups in total. The lowest BCUT2D eigenvalue weighted by Gasteiger charge is -2.09. The summed E-state index contributed by atoms with van der Waals surface area (Å²) in [6, 6.07) is 9.02. The van der Waals surface area contributed by atoms with Crippen molar-refractivity contribution in [1.29, 1.82) is 0 Å². The molecule has 1 aromatic carbocycles. The summed E-state index contributed by atoms with van der Waals surface area (Å²) < 4.78 is 11.3. The summed E-state index contributed by atoms with van der Waals surface area (Å²) in [6.45, 7) is 5.76. The molecule has 0 radical (unpaired) electrons. The Labute approximate surface area is 182 Å². The summed E-state index contributed by atoms with van der Waals surface area (Å²) in [5.41, 5.74) is 1.88. The monoisotopic (exact) mass is 435 g/mol. The zero-order valence-corrected chi connectivity index (χ0v) is 18.2. The molecule has 0 saturated heterocycles. The topological polar surface area (TPSA) is 107 Å².